The van der Waals surface area contributed by atoms with E-state index < -0.39 is 40.8 Å². The first-order valence-electron chi connectivity index (χ1n) is 10.9. The van der Waals surface area contributed by atoms with Gasteiger partial charge in [-0.1, -0.05) is 0 Å². The average molecular weight is 513 g/mol. The molecule has 1 unspecified atom stereocenters. The lowest BCUT2D eigenvalue weighted by Crippen LogP contribution is -2.41. The molecular formula is C25H24N2O8S. The highest BCUT2D eigenvalue weighted by Gasteiger charge is 2.44. The fourth-order valence-corrected chi connectivity index (χ4v) is 5.05. The van der Waals surface area contributed by atoms with E-state index in [2.05, 4.69) is 4.98 Å². The van der Waals surface area contributed by atoms with E-state index in [4.69, 9.17) is 18.9 Å². The number of hydrogen-bond donors (Lipinski definition) is 1. The Morgan fingerprint density at radius 2 is 1.42 bits per heavy atom. The number of nitrogens with zero attached hydrogens (tertiary/aromatic N) is 1. The van der Waals surface area contributed by atoms with Crippen molar-refractivity contribution in [2.75, 3.05) is 20.0 Å². The molecule has 0 saturated carbocycles. The summed E-state index contributed by atoms with van der Waals surface area (Å²) in [5.41, 5.74) is -0.295. The number of nitrogens with one attached hydrogen (secondary N) is 1. The van der Waals surface area contributed by atoms with Crippen molar-refractivity contribution >= 4 is 23.7 Å². The quantitative estimate of drug-likeness (QED) is 0.475. The predicted molar refractivity (Wildman–Crippen MR) is 132 cm³/mol. The number of carbonyl (C=O) groups excluding carboxylic acids is 2. The number of H-pyrrole nitrogens is 1. The number of benzene rings is 2. The average Bonchev–Trinajstić information content (AvgIpc) is 3.27. The van der Waals surface area contributed by atoms with Gasteiger partial charge in [0.1, 0.15) is 16.9 Å². The maximum Gasteiger partial charge on any atom is 0.338 e. The highest BCUT2D eigenvalue weighted by molar-refractivity contribution is 7.99. The summed E-state index contributed by atoms with van der Waals surface area (Å²) in [6.07, 6.45) is -0.452. The van der Waals surface area contributed by atoms with Crippen molar-refractivity contribution in [1.82, 2.24) is 9.55 Å². The highest BCUT2D eigenvalue weighted by Crippen LogP contribution is 2.39. The van der Waals surface area contributed by atoms with E-state index in [0.29, 0.717) is 22.6 Å². The Balaban J connectivity index is 1.62. The molecule has 10 nitrogen and oxygen atoms in total. The Morgan fingerprint density at radius 3 is 1.94 bits per heavy atom. The molecule has 188 valence electrons. The van der Waals surface area contributed by atoms with E-state index >= 15 is 0 Å². The summed E-state index contributed by atoms with van der Waals surface area (Å²) in [5, 5.41) is -0.732. The minimum atomic E-state index is -1.00. The number of rotatable bonds is 7. The smallest absolute Gasteiger partial charge is 0.338 e. The molecule has 4 rings (SSSR count). The van der Waals surface area contributed by atoms with Crippen LogP contribution in [0.1, 0.15) is 31.7 Å². The standard InChI is InChI=1S/C25H24N2O8S/c1-14-12-27(25(31)26-21(14)28)22-20(35-24(30)16-6-10-18(33-3)11-7-16)19(13-36-22)34-23(29)15-4-8-17(32-2)9-5-15/h4-12,19-20,22H,13H2,1-3H3,(H,26,28,31)/t19-,20-,22?/m1/s1. The van der Waals surface area contributed by atoms with Gasteiger partial charge in [-0.3, -0.25) is 14.3 Å². The molecule has 0 spiro atoms. The molecule has 0 aliphatic carbocycles. The minimum absolute atomic E-state index is 0.261. The lowest BCUT2D eigenvalue weighted by atomic mass is 10.1. The molecule has 1 aromatic heterocycles. The van der Waals surface area contributed by atoms with Crippen LogP contribution >= 0.6 is 11.8 Å². The topological polar surface area (TPSA) is 126 Å². The van der Waals surface area contributed by atoms with E-state index in [1.54, 1.807) is 55.5 Å². The first kappa shape index (κ1) is 25.1. The van der Waals surface area contributed by atoms with Gasteiger partial charge in [-0.2, -0.15) is 0 Å². The molecule has 2 aromatic carbocycles. The second-order valence-electron chi connectivity index (χ2n) is 7.97. The van der Waals surface area contributed by atoms with Gasteiger partial charge in [-0.05, 0) is 55.5 Å². The molecule has 1 fully saturated rings. The molecule has 2 heterocycles. The molecule has 0 radical (unpaired) electrons. The molecule has 1 aliphatic heterocycles. The number of aromatic amines is 1. The zero-order valence-electron chi connectivity index (χ0n) is 19.8. The second kappa shape index (κ2) is 10.7. The maximum absolute atomic E-state index is 13.0. The van der Waals surface area contributed by atoms with Gasteiger partial charge < -0.3 is 18.9 Å². The van der Waals surface area contributed by atoms with Crippen LogP contribution in [0.15, 0.2) is 64.3 Å². The Labute approximate surface area is 210 Å². The monoisotopic (exact) mass is 512 g/mol. The fourth-order valence-electron chi connectivity index (χ4n) is 3.67. The van der Waals surface area contributed by atoms with Crippen molar-refractivity contribution in [1.29, 1.82) is 0 Å². The SMILES string of the molecule is COc1ccc(C(=O)O[C@@H]2CSC(n3cc(C)c(=O)[nH]c3=O)[C@@H]2OC(=O)c2ccc(OC)cc2)cc1. The number of aryl methyl sites for hydroxylation is 1. The predicted octanol–water partition coefficient (Wildman–Crippen LogP) is 2.56. The third-order valence-corrected chi connectivity index (χ3v) is 7.01. The van der Waals surface area contributed by atoms with Crippen LogP contribution in [0.3, 0.4) is 0 Å². The Hall–Kier alpha value is -3.99. The van der Waals surface area contributed by atoms with E-state index in [9.17, 15) is 19.2 Å². The summed E-state index contributed by atoms with van der Waals surface area (Å²) in [6.45, 7) is 1.56. The second-order valence-corrected chi connectivity index (χ2v) is 9.12. The van der Waals surface area contributed by atoms with Crippen molar-refractivity contribution in [3.63, 3.8) is 0 Å². The van der Waals surface area contributed by atoms with Crippen LogP contribution < -0.4 is 20.7 Å². The number of carbonyl (C=O) groups is 2. The van der Waals surface area contributed by atoms with Crippen molar-refractivity contribution in [3.8, 4) is 11.5 Å². The molecule has 1 saturated heterocycles. The number of aromatic nitrogens is 2. The third kappa shape index (κ3) is 5.30. The van der Waals surface area contributed by atoms with Crippen LogP contribution in [0.2, 0.25) is 0 Å². The van der Waals surface area contributed by atoms with E-state index in [1.807, 2.05) is 0 Å². The fraction of sp³-hybridized carbons (Fsp3) is 0.280. The molecule has 3 aromatic rings. The van der Waals surface area contributed by atoms with Crippen molar-refractivity contribution < 1.29 is 28.5 Å². The van der Waals surface area contributed by atoms with E-state index in [0.717, 1.165) is 0 Å². The number of methoxy groups -OCH3 is 2. The number of esters is 2. The van der Waals surface area contributed by atoms with Gasteiger partial charge in [0.25, 0.3) is 5.56 Å². The number of ether oxygens (including phenoxy) is 4. The van der Waals surface area contributed by atoms with Crippen LogP contribution in [0.4, 0.5) is 0 Å². The van der Waals surface area contributed by atoms with Gasteiger partial charge >= 0.3 is 17.6 Å². The zero-order valence-corrected chi connectivity index (χ0v) is 20.6. The molecule has 0 bridgehead atoms. The summed E-state index contributed by atoms with van der Waals surface area (Å²) < 4.78 is 23.0. The van der Waals surface area contributed by atoms with Crippen LogP contribution in [-0.2, 0) is 9.47 Å². The summed E-state index contributed by atoms with van der Waals surface area (Å²) in [4.78, 5) is 52.5. The van der Waals surface area contributed by atoms with Crippen molar-refractivity contribution in [3.05, 3.63) is 92.3 Å². The maximum atomic E-state index is 13.0. The molecule has 11 heteroatoms. The molecular weight excluding hydrogens is 488 g/mol. The third-order valence-electron chi connectivity index (χ3n) is 5.65. The van der Waals surface area contributed by atoms with Crippen LogP contribution in [0, 0.1) is 6.92 Å². The molecule has 0 amide bonds. The van der Waals surface area contributed by atoms with Crippen LogP contribution in [0.25, 0.3) is 0 Å². The van der Waals surface area contributed by atoms with E-state index in [-0.39, 0.29) is 11.3 Å². The first-order chi connectivity index (χ1) is 17.3. The van der Waals surface area contributed by atoms with Crippen LogP contribution in [-0.4, -0.2) is 53.7 Å². The molecule has 1 N–H and O–H groups in total. The Bertz CT molecular complexity index is 1360. The minimum Gasteiger partial charge on any atom is -0.497 e. The van der Waals surface area contributed by atoms with Crippen molar-refractivity contribution in [2.24, 2.45) is 0 Å². The van der Waals surface area contributed by atoms with E-state index in [1.165, 1.54) is 36.7 Å². The van der Waals surface area contributed by atoms with Gasteiger partial charge in [0.2, 0.25) is 0 Å². The molecule has 1 aliphatic rings. The zero-order chi connectivity index (χ0) is 25.8. The van der Waals surface area contributed by atoms with Gasteiger partial charge in [-0.25, -0.2) is 14.4 Å². The normalized spacial score (nSPS) is 18.9. The van der Waals surface area contributed by atoms with Gasteiger partial charge in [0.15, 0.2) is 12.2 Å². The Morgan fingerprint density at radius 1 is 0.889 bits per heavy atom. The van der Waals surface area contributed by atoms with Gasteiger partial charge in [-0.15, -0.1) is 11.8 Å². The largest absolute Gasteiger partial charge is 0.497 e. The number of hydrogen-bond acceptors (Lipinski definition) is 9. The summed E-state index contributed by atoms with van der Waals surface area (Å²) in [7, 11) is 3.03. The highest BCUT2D eigenvalue weighted by atomic mass is 32.2. The summed E-state index contributed by atoms with van der Waals surface area (Å²) in [5.74, 6) is 0.149. The summed E-state index contributed by atoms with van der Waals surface area (Å²) >= 11 is 1.27. The molecule has 36 heavy (non-hydrogen) atoms. The van der Waals surface area contributed by atoms with Crippen molar-refractivity contribution in [2.45, 2.75) is 24.5 Å². The molecule has 3 atom stereocenters. The number of thioether (sulfide) groups is 1. The lowest BCUT2D eigenvalue weighted by Gasteiger charge is -2.25. The van der Waals surface area contributed by atoms with Crippen LogP contribution in [0.5, 0.6) is 11.5 Å². The Kier molecular flexibility index (Phi) is 7.49. The first-order valence-corrected chi connectivity index (χ1v) is 12.0. The lowest BCUT2D eigenvalue weighted by molar-refractivity contribution is -0.0301. The van der Waals surface area contributed by atoms with Gasteiger partial charge in [0.05, 0.1) is 25.3 Å². The van der Waals surface area contributed by atoms with Gasteiger partial charge in [0, 0.05) is 17.5 Å². The summed E-state index contributed by atoms with van der Waals surface area (Å²) in [6, 6.07) is 12.7.